The quantitative estimate of drug-likeness (QED) is 0.549. The van der Waals surface area contributed by atoms with Crippen LogP contribution in [0.4, 0.5) is 5.69 Å². The summed E-state index contributed by atoms with van der Waals surface area (Å²) in [6.45, 7) is 6.94. The molecular formula is C20H18BrNO3. The van der Waals surface area contributed by atoms with Crippen LogP contribution in [0.1, 0.15) is 22.3 Å². The summed E-state index contributed by atoms with van der Waals surface area (Å²) in [4.78, 5) is 14.3. The van der Waals surface area contributed by atoms with Crippen molar-refractivity contribution in [3.8, 4) is 5.75 Å². The van der Waals surface area contributed by atoms with Crippen LogP contribution in [0.15, 0.2) is 44.0 Å². The van der Waals surface area contributed by atoms with Crippen molar-refractivity contribution in [3.63, 3.8) is 0 Å². The van der Waals surface area contributed by atoms with Crippen LogP contribution < -0.4 is 15.3 Å². The predicted molar refractivity (Wildman–Crippen MR) is 103 cm³/mol. The molecule has 1 aromatic heterocycles. The molecule has 0 saturated carbocycles. The molecule has 1 aliphatic rings. The summed E-state index contributed by atoms with van der Waals surface area (Å²) in [5.41, 5.74) is 5.16. The van der Waals surface area contributed by atoms with E-state index >= 15 is 0 Å². The highest BCUT2D eigenvalue weighted by atomic mass is 79.9. The molecule has 0 atom stereocenters. The predicted octanol–water partition coefficient (Wildman–Crippen LogP) is 4.84. The molecule has 5 heteroatoms. The molecule has 0 N–H and O–H groups in total. The van der Waals surface area contributed by atoms with Crippen molar-refractivity contribution in [3.05, 3.63) is 67.5 Å². The standard InChI is InChI=1S/C20H18BrNO3/c1-11-8-14(21)4-6-17(11)22-9-16-18(24-10-22)7-5-15-12(2)13(3)20(23)25-19(15)16/h4-8H,9-10H2,1-3H3. The number of anilines is 1. The van der Waals surface area contributed by atoms with E-state index in [2.05, 4.69) is 39.9 Å². The van der Waals surface area contributed by atoms with E-state index < -0.39 is 0 Å². The number of halogens is 1. The fourth-order valence-corrected chi connectivity index (χ4v) is 3.82. The van der Waals surface area contributed by atoms with Crippen molar-refractivity contribution in [2.75, 3.05) is 11.6 Å². The second kappa shape index (κ2) is 5.92. The van der Waals surface area contributed by atoms with Crippen molar-refractivity contribution < 1.29 is 9.15 Å². The SMILES string of the molecule is Cc1cc(Br)ccc1N1COc2ccc3c(C)c(C)c(=O)oc3c2C1. The Hall–Kier alpha value is -2.27. The number of benzene rings is 2. The van der Waals surface area contributed by atoms with Crippen molar-refractivity contribution >= 4 is 32.6 Å². The summed E-state index contributed by atoms with van der Waals surface area (Å²) in [6.07, 6.45) is 0. The molecule has 0 unspecified atom stereocenters. The maximum atomic E-state index is 12.2. The molecule has 4 rings (SSSR count). The number of rotatable bonds is 1. The number of fused-ring (bicyclic) bond motifs is 3. The summed E-state index contributed by atoms with van der Waals surface area (Å²) in [5.74, 6) is 0.782. The van der Waals surface area contributed by atoms with Gasteiger partial charge in [0.25, 0.3) is 0 Å². The van der Waals surface area contributed by atoms with E-state index in [0.29, 0.717) is 24.4 Å². The first-order valence-corrected chi connectivity index (χ1v) is 8.95. The zero-order valence-corrected chi connectivity index (χ0v) is 15.9. The topological polar surface area (TPSA) is 42.7 Å². The van der Waals surface area contributed by atoms with E-state index in [9.17, 15) is 4.79 Å². The summed E-state index contributed by atoms with van der Waals surface area (Å²) in [6, 6.07) is 10.1. The van der Waals surface area contributed by atoms with Crippen LogP contribution in [0.3, 0.4) is 0 Å². The van der Waals surface area contributed by atoms with Crippen LogP contribution in [-0.2, 0) is 6.54 Å². The van der Waals surface area contributed by atoms with E-state index in [-0.39, 0.29) is 5.63 Å². The van der Waals surface area contributed by atoms with Gasteiger partial charge in [0.2, 0.25) is 0 Å². The lowest BCUT2D eigenvalue weighted by molar-refractivity contribution is 0.289. The fraction of sp³-hybridized carbons (Fsp3) is 0.250. The summed E-state index contributed by atoms with van der Waals surface area (Å²) < 4.78 is 12.6. The van der Waals surface area contributed by atoms with Gasteiger partial charge in [0.05, 0.1) is 12.1 Å². The Balaban J connectivity index is 1.86. The van der Waals surface area contributed by atoms with Crippen molar-refractivity contribution in [1.82, 2.24) is 0 Å². The Morgan fingerprint density at radius 3 is 2.64 bits per heavy atom. The van der Waals surface area contributed by atoms with E-state index in [1.807, 2.05) is 25.1 Å². The van der Waals surface area contributed by atoms with Gasteiger partial charge in [-0.15, -0.1) is 0 Å². The number of nitrogens with zero attached hydrogens (tertiary/aromatic N) is 1. The summed E-state index contributed by atoms with van der Waals surface area (Å²) in [5, 5.41) is 0.967. The highest BCUT2D eigenvalue weighted by Gasteiger charge is 2.23. The van der Waals surface area contributed by atoms with Crippen molar-refractivity contribution in [1.29, 1.82) is 0 Å². The van der Waals surface area contributed by atoms with Gasteiger partial charge in [0, 0.05) is 21.1 Å². The Kier molecular flexibility index (Phi) is 3.84. The first-order chi connectivity index (χ1) is 12.0. The number of hydrogen-bond donors (Lipinski definition) is 0. The third kappa shape index (κ3) is 2.63. The molecule has 0 amide bonds. The Labute approximate surface area is 154 Å². The van der Waals surface area contributed by atoms with Crippen LogP contribution in [0, 0.1) is 20.8 Å². The minimum absolute atomic E-state index is 0.282. The van der Waals surface area contributed by atoms with Gasteiger partial charge in [-0.05, 0) is 62.2 Å². The molecule has 2 heterocycles. The van der Waals surface area contributed by atoms with Gasteiger partial charge >= 0.3 is 5.63 Å². The Morgan fingerprint density at radius 1 is 1.08 bits per heavy atom. The van der Waals surface area contributed by atoms with Gasteiger partial charge in [-0.1, -0.05) is 15.9 Å². The van der Waals surface area contributed by atoms with Crippen LogP contribution in [-0.4, -0.2) is 6.73 Å². The van der Waals surface area contributed by atoms with Gasteiger partial charge in [-0.25, -0.2) is 4.79 Å². The minimum Gasteiger partial charge on any atom is -0.473 e. The van der Waals surface area contributed by atoms with Crippen LogP contribution in [0.5, 0.6) is 5.75 Å². The molecule has 0 bridgehead atoms. The van der Waals surface area contributed by atoms with Gasteiger partial charge in [-0.2, -0.15) is 0 Å². The molecule has 128 valence electrons. The lowest BCUT2D eigenvalue weighted by atomic mass is 10.0. The molecule has 4 nitrogen and oxygen atoms in total. The maximum Gasteiger partial charge on any atom is 0.339 e. The smallest absolute Gasteiger partial charge is 0.339 e. The van der Waals surface area contributed by atoms with Gasteiger partial charge in [-0.3, -0.25) is 0 Å². The molecule has 3 aromatic rings. The average Bonchev–Trinajstić information content (AvgIpc) is 2.59. The lowest BCUT2D eigenvalue weighted by Gasteiger charge is -2.32. The second-order valence-electron chi connectivity index (χ2n) is 6.46. The van der Waals surface area contributed by atoms with E-state index in [1.165, 1.54) is 0 Å². The zero-order valence-electron chi connectivity index (χ0n) is 14.4. The lowest BCUT2D eigenvalue weighted by Crippen LogP contribution is -2.32. The summed E-state index contributed by atoms with van der Waals surface area (Å²) >= 11 is 3.50. The van der Waals surface area contributed by atoms with Crippen molar-refractivity contribution in [2.45, 2.75) is 27.3 Å². The van der Waals surface area contributed by atoms with Gasteiger partial charge in [0.15, 0.2) is 6.73 Å². The highest BCUT2D eigenvalue weighted by Crippen LogP contribution is 2.36. The van der Waals surface area contributed by atoms with E-state index in [4.69, 9.17) is 9.15 Å². The molecule has 0 spiro atoms. The van der Waals surface area contributed by atoms with E-state index in [0.717, 1.165) is 38.0 Å². The molecule has 0 radical (unpaired) electrons. The molecule has 25 heavy (non-hydrogen) atoms. The molecule has 0 saturated heterocycles. The average molecular weight is 400 g/mol. The maximum absolute atomic E-state index is 12.2. The third-order valence-corrected chi connectivity index (χ3v) is 5.40. The van der Waals surface area contributed by atoms with Crippen LogP contribution in [0.25, 0.3) is 11.0 Å². The van der Waals surface area contributed by atoms with Gasteiger partial charge < -0.3 is 14.1 Å². The highest BCUT2D eigenvalue weighted by molar-refractivity contribution is 9.10. The number of hydrogen-bond acceptors (Lipinski definition) is 4. The molecule has 1 aliphatic heterocycles. The molecule has 0 aliphatic carbocycles. The fourth-order valence-electron chi connectivity index (χ4n) is 3.34. The number of ether oxygens (including phenoxy) is 1. The van der Waals surface area contributed by atoms with Crippen molar-refractivity contribution in [2.24, 2.45) is 0 Å². The Morgan fingerprint density at radius 2 is 1.88 bits per heavy atom. The van der Waals surface area contributed by atoms with E-state index in [1.54, 1.807) is 6.92 Å². The monoisotopic (exact) mass is 399 g/mol. The largest absolute Gasteiger partial charge is 0.473 e. The number of aryl methyl sites for hydroxylation is 2. The molecule has 2 aromatic carbocycles. The first-order valence-electron chi connectivity index (χ1n) is 8.15. The Bertz CT molecular complexity index is 1050. The normalized spacial score (nSPS) is 13.7. The summed E-state index contributed by atoms with van der Waals surface area (Å²) in [7, 11) is 0. The second-order valence-corrected chi connectivity index (χ2v) is 7.38. The zero-order chi connectivity index (χ0) is 17.7. The molecular weight excluding hydrogens is 382 g/mol. The van der Waals surface area contributed by atoms with Gasteiger partial charge in [0.1, 0.15) is 11.3 Å². The van der Waals surface area contributed by atoms with Crippen LogP contribution >= 0.6 is 15.9 Å². The third-order valence-electron chi connectivity index (χ3n) is 4.91. The molecule has 0 fully saturated rings. The first kappa shape index (κ1) is 16.2. The minimum atomic E-state index is -0.282. The van der Waals surface area contributed by atoms with Crippen LogP contribution in [0.2, 0.25) is 0 Å².